The van der Waals surface area contributed by atoms with Crippen molar-refractivity contribution in [2.45, 2.75) is 24.7 Å². The maximum atomic E-state index is 14.4. The molecule has 0 radical (unpaired) electrons. The fraction of sp³-hybridized carbons (Fsp3) is 0.263. The van der Waals surface area contributed by atoms with E-state index in [0.717, 1.165) is 0 Å². The molecule has 258 valence electrons. The van der Waals surface area contributed by atoms with Gasteiger partial charge in [0.25, 0.3) is 0 Å². The van der Waals surface area contributed by atoms with E-state index in [1.165, 1.54) is 35.4 Å². The molecule has 3 heterocycles. The molecule has 0 N–H and O–H groups in total. The second kappa shape index (κ2) is 12.4. The summed E-state index contributed by atoms with van der Waals surface area (Å²) in [5, 5.41) is 0.100. The van der Waals surface area contributed by atoms with Gasteiger partial charge in [0.2, 0.25) is 11.2 Å². The molecule has 0 saturated heterocycles. The molecule has 5 aromatic rings. The summed E-state index contributed by atoms with van der Waals surface area (Å²) in [5.74, 6) is -0.272. The van der Waals surface area contributed by atoms with Crippen LogP contribution in [0.4, 0.5) is 0 Å². The minimum atomic E-state index is -1.75. The van der Waals surface area contributed by atoms with Crippen LogP contribution in [0.25, 0.3) is 22.3 Å². The van der Waals surface area contributed by atoms with Crippen LogP contribution in [0.5, 0.6) is 46.0 Å². The zero-order chi connectivity index (χ0) is 35.3. The first-order valence-corrected chi connectivity index (χ1v) is 15.6. The van der Waals surface area contributed by atoms with Crippen molar-refractivity contribution in [1.82, 2.24) is 0 Å². The molecule has 0 aliphatic carbocycles. The van der Waals surface area contributed by atoms with Crippen LogP contribution in [0, 0.1) is 0 Å². The van der Waals surface area contributed by atoms with Crippen molar-refractivity contribution in [3.05, 3.63) is 93.6 Å². The van der Waals surface area contributed by atoms with E-state index in [9.17, 15) is 9.59 Å². The summed E-state index contributed by atoms with van der Waals surface area (Å²) in [6, 6.07) is 19.0. The van der Waals surface area contributed by atoms with Crippen LogP contribution >= 0.6 is 0 Å². The molecule has 2 aliphatic heterocycles. The number of hydrogen-bond acceptors (Lipinski definition) is 12. The number of carbonyl (C=O) groups excluding carboxylic acids is 1. The van der Waals surface area contributed by atoms with E-state index >= 15 is 0 Å². The number of carbonyl (C=O) groups is 1. The first kappa shape index (κ1) is 32.5. The molecule has 50 heavy (non-hydrogen) atoms. The third-order valence-corrected chi connectivity index (χ3v) is 9.01. The molecule has 0 fully saturated rings. The summed E-state index contributed by atoms with van der Waals surface area (Å²) in [7, 11) is 9.00. The smallest absolute Gasteiger partial charge is 0.316 e. The van der Waals surface area contributed by atoms with E-state index < -0.39 is 29.2 Å². The van der Waals surface area contributed by atoms with Crippen molar-refractivity contribution in [3.8, 4) is 57.3 Å². The minimum Gasteiger partial charge on any atom is -0.497 e. The number of methoxy groups -OCH3 is 6. The van der Waals surface area contributed by atoms with Gasteiger partial charge in [-0.15, -0.1) is 0 Å². The van der Waals surface area contributed by atoms with Gasteiger partial charge in [-0.05, 0) is 48.5 Å². The van der Waals surface area contributed by atoms with E-state index in [-0.39, 0.29) is 34.0 Å². The van der Waals surface area contributed by atoms with E-state index in [2.05, 4.69) is 0 Å². The standard InChI is InChI=1S/C38H34O12/c1-19(39)47-37-32-29-25(44-5)16-24(43-4)17-27(29)49-38(37,21-10-14-23(42-3)15-11-21)50-28-18-26(45-6)31-33(40)36(46-7)34(48-35(31)30(28)32)20-8-12-22(41-2)13-9-20/h8-18,32,37H,1-7H3/t32-,37-,38+/m0/s1. The molecule has 1 aromatic heterocycles. The molecule has 12 nitrogen and oxygen atoms in total. The van der Waals surface area contributed by atoms with Gasteiger partial charge in [-0.2, -0.15) is 0 Å². The summed E-state index contributed by atoms with van der Waals surface area (Å²) in [6.07, 6.45) is -1.16. The third kappa shape index (κ3) is 4.89. The highest BCUT2D eigenvalue weighted by molar-refractivity contribution is 5.93. The highest BCUT2D eigenvalue weighted by atomic mass is 16.7. The average molecular weight is 683 g/mol. The molecule has 0 unspecified atom stereocenters. The lowest BCUT2D eigenvalue weighted by Gasteiger charge is -2.50. The minimum absolute atomic E-state index is 0.0311. The Labute approximate surface area is 286 Å². The van der Waals surface area contributed by atoms with Crippen LogP contribution in [-0.2, 0) is 15.3 Å². The predicted octanol–water partition coefficient (Wildman–Crippen LogP) is 6.21. The van der Waals surface area contributed by atoms with Crippen LogP contribution in [0.3, 0.4) is 0 Å². The number of ether oxygens (including phenoxy) is 9. The molecule has 2 bridgehead atoms. The second-order valence-corrected chi connectivity index (χ2v) is 11.6. The van der Waals surface area contributed by atoms with Crippen LogP contribution in [-0.4, -0.2) is 54.7 Å². The molecule has 0 amide bonds. The van der Waals surface area contributed by atoms with Gasteiger partial charge in [-0.25, -0.2) is 0 Å². The molecular weight excluding hydrogens is 648 g/mol. The van der Waals surface area contributed by atoms with Gasteiger partial charge in [-0.1, -0.05) is 0 Å². The molecular formula is C38H34O12. The summed E-state index contributed by atoms with van der Waals surface area (Å²) in [5.41, 5.74) is 1.63. The van der Waals surface area contributed by atoms with Crippen molar-refractivity contribution in [2.75, 3.05) is 42.7 Å². The first-order chi connectivity index (χ1) is 24.2. The Bertz CT molecular complexity index is 2170. The van der Waals surface area contributed by atoms with Crippen LogP contribution < -0.4 is 43.3 Å². The average Bonchev–Trinajstić information content (AvgIpc) is 3.13. The third-order valence-electron chi connectivity index (χ3n) is 9.01. The van der Waals surface area contributed by atoms with Crippen molar-refractivity contribution >= 4 is 16.9 Å². The Morgan fingerprint density at radius 3 is 1.84 bits per heavy atom. The lowest BCUT2D eigenvalue weighted by molar-refractivity contribution is -0.231. The normalized spacial score (nSPS) is 18.5. The molecule has 12 heteroatoms. The zero-order valence-corrected chi connectivity index (χ0v) is 28.4. The van der Waals surface area contributed by atoms with Gasteiger partial charge >= 0.3 is 11.8 Å². The molecule has 2 aliphatic rings. The Balaban J connectivity index is 1.63. The van der Waals surface area contributed by atoms with Gasteiger partial charge in [-0.3, -0.25) is 9.59 Å². The lowest BCUT2D eigenvalue weighted by Crippen LogP contribution is -2.59. The Kier molecular flexibility index (Phi) is 8.09. The van der Waals surface area contributed by atoms with Gasteiger partial charge in [0.15, 0.2) is 11.9 Å². The van der Waals surface area contributed by atoms with Crippen LogP contribution in [0.1, 0.15) is 29.5 Å². The monoisotopic (exact) mass is 682 g/mol. The summed E-state index contributed by atoms with van der Waals surface area (Å²) >= 11 is 0. The quantitative estimate of drug-likeness (QED) is 0.164. The summed E-state index contributed by atoms with van der Waals surface area (Å²) < 4.78 is 60.3. The predicted molar refractivity (Wildman–Crippen MR) is 180 cm³/mol. The van der Waals surface area contributed by atoms with Crippen molar-refractivity contribution in [3.63, 3.8) is 0 Å². The Morgan fingerprint density at radius 1 is 0.680 bits per heavy atom. The van der Waals surface area contributed by atoms with E-state index in [0.29, 0.717) is 51.0 Å². The second-order valence-electron chi connectivity index (χ2n) is 11.6. The maximum absolute atomic E-state index is 14.4. The van der Waals surface area contributed by atoms with Gasteiger partial charge in [0.1, 0.15) is 51.2 Å². The van der Waals surface area contributed by atoms with Crippen molar-refractivity contribution < 1.29 is 51.8 Å². The molecule has 7 rings (SSSR count). The SMILES string of the molecule is COc1ccc(-c2oc3c4c(cc(OC)c3c(=O)c2OC)O[C@@]2(c3ccc(OC)cc3)Oc3cc(OC)cc(OC)c3[C@@H]4[C@@H]2OC(C)=O)cc1. The van der Waals surface area contributed by atoms with Crippen molar-refractivity contribution in [1.29, 1.82) is 0 Å². The zero-order valence-electron chi connectivity index (χ0n) is 28.4. The van der Waals surface area contributed by atoms with E-state index in [1.54, 1.807) is 80.9 Å². The van der Waals surface area contributed by atoms with Gasteiger partial charge in [0, 0.05) is 47.4 Å². The number of fused-ring (bicyclic) bond motifs is 8. The number of esters is 1. The van der Waals surface area contributed by atoms with E-state index in [1.807, 2.05) is 0 Å². The number of rotatable bonds is 9. The highest BCUT2D eigenvalue weighted by Gasteiger charge is 2.62. The van der Waals surface area contributed by atoms with Gasteiger partial charge in [0.05, 0.1) is 48.6 Å². The number of benzene rings is 4. The molecule has 0 saturated carbocycles. The van der Waals surface area contributed by atoms with Gasteiger partial charge < -0.3 is 47.0 Å². The first-order valence-electron chi connectivity index (χ1n) is 15.6. The van der Waals surface area contributed by atoms with Crippen LogP contribution in [0.2, 0.25) is 0 Å². The summed E-state index contributed by atoms with van der Waals surface area (Å²) in [6.45, 7) is 1.30. The summed E-state index contributed by atoms with van der Waals surface area (Å²) in [4.78, 5) is 27.3. The fourth-order valence-corrected chi connectivity index (χ4v) is 6.79. The maximum Gasteiger partial charge on any atom is 0.316 e. The fourth-order valence-electron chi connectivity index (χ4n) is 6.79. The molecule has 0 spiro atoms. The number of hydrogen-bond donors (Lipinski definition) is 0. The lowest BCUT2D eigenvalue weighted by atomic mass is 9.74. The van der Waals surface area contributed by atoms with Crippen LogP contribution in [0.15, 0.2) is 75.9 Å². The Hall–Kier alpha value is -6.04. The van der Waals surface area contributed by atoms with Crippen molar-refractivity contribution in [2.24, 2.45) is 0 Å². The molecule has 4 aromatic carbocycles. The highest BCUT2D eigenvalue weighted by Crippen LogP contribution is 2.61. The Morgan fingerprint density at radius 2 is 1.28 bits per heavy atom. The molecule has 3 atom stereocenters. The largest absolute Gasteiger partial charge is 0.497 e. The topological polar surface area (TPSA) is 130 Å². The van der Waals surface area contributed by atoms with E-state index in [4.69, 9.17) is 47.0 Å².